The Labute approximate surface area is 185 Å². The quantitative estimate of drug-likeness (QED) is 0.481. The summed E-state index contributed by atoms with van der Waals surface area (Å²) in [5, 5.41) is 10.2. The van der Waals surface area contributed by atoms with Crippen molar-refractivity contribution >= 4 is 11.5 Å². The number of nitrogens with zero attached hydrogens (tertiary/aromatic N) is 1. The second-order valence-electron chi connectivity index (χ2n) is 8.10. The number of allylic oxidation sites excluding steroid dienone is 1. The van der Waals surface area contributed by atoms with Crippen LogP contribution in [0.4, 0.5) is 0 Å². The average molecular weight is 424 g/mol. The maximum atomic E-state index is 13.5. The molecule has 3 rings (SSSR count). The summed E-state index contributed by atoms with van der Waals surface area (Å²) in [6, 6.07) is 9.10. The number of carbonyl (C=O) groups is 1. The number of rotatable bonds is 10. The van der Waals surface area contributed by atoms with Crippen molar-refractivity contribution in [3.63, 3.8) is 0 Å². The third-order valence-electron chi connectivity index (χ3n) is 5.53. The first kappa shape index (κ1) is 22.7. The number of benzene rings is 2. The molecule has 0 spiro atoms. The normalized spacial score (nSPS) is 12.5. The predicted molar refractivity (Wildman–Crippen MR) is 124 cm³/mol. The summed E-state index contributed by atoms with van der Waals surface area (Å²) in [7, 11) is 0. The lowest BCUT2D eigenvalue weighted by Crippen LogP contribution is -2.26. The van der Waals surface area contributed by atoms with Crippen LogP contribution >= 0.6 is 0 Å². The largest absolute Gasteiger partial charge is 0.508 e. The molecule has 0 saturated heterocycles. The lowest BCUT2D eigenvalue weighted by atomic mass is 10.0. The van der Waals surface area contributed by atoms with Crippen LogP contribution in [0.5, 0.6) is 17.2 Å². The molecule has 0 saturated carbocycles. The SMILES string of the molecule is C=C(C)c1cc(C(=O)N2Cc3cccc(O)c3C2)c(OCCCC)cc1OCCCC. The Morgan fingerprint density at radius 2 is 1.68 bits per heavy atom. The number of unbranched alkanes of at least 4 members (excludes halogenated alkanes) is 2. The highest BCUT2D eigenvalue weighted by Gasteiger charge is 2.29. The number of phenolic OH excluding ortho intramolecular Hbond substituents is 1. The molecule has 5 nitrogen and oxygen atoms in total. The van der Waals surface area contributed by atoms with Crippen LogP contribution in [0.3, 0.4) is 0 Å². The van der Waals surface area contributed by atoms with Gasteiger partial charge in [-0.05, 0) is 43.0 Å². The summed E-state index contributed by atoms with van der Waals surface area (Å²) in [4.78, 5) is 15.3. The van der Waals surface area contributed by atoms with E-state index in [1.807, 2.05) is 31.2 Å². The molecule has 0 fully saturated rings. The van der Waals surface area contributed by atoms with E-state index in [0.29, 0.717) is 43.4 Å². The minimum Gasteiger partial charge on any atom is -0.508 e. The number of ether oxygens (including phenoxy) is 2. The van der Waals surface area contributed by atoms with Crippen LogP contribution in [-0.2, 0) is 13.1 Å². The van der Waals surface area contributed by atoms with E-state index in [1.54, 1.807) is 11.0 Å². The van der Waals surface area contributed by atoms with Gasteiger partial charge in [-0.2, -0.15) is 0 Å². The van der Waals surface area contributed by atoms with Gasteiger partial charge in [0.05, 0.1) is 25.3 Å². The van der Waals surface area contributed by atoms with Crippen LogP contribution in [0.15, 0.2) is 36.9 Å². The first-order valence-electron chi connectivity index (χ1n) is 11.1. The van der Waals surface area contributed by atoms with E-state index >= 15 is 0 Å². The van der Waals surface area contributed by atoms with Gasteiger partial charge < -0.3 is 19.5 Å². The summed E-state index contributed by atoms with van der Waals surface area (Å²) >= 11 is 0. The van der Waals surface area contributed by atoms with E-state index in [9.17, 15) is 9.90 Å². The van der Waals surface area contributed by atoms with Gasteiger partial charge in [0.15, 0.2) is 0 Å². The lowest BCUT2D eigenvalue weighted by molar-refractivity contribution is 0.0746. The van der Waals surface area contributed by atoms with E-state index in [0.717, 1.165) is 47.9 Å². The Kier molecular flexibility index (Phi) is 7.61. The highest BCUT2D eigenvalue weighted by Crippen LogP contribution is 2.36. The van der Waals surface area contributed by atoms with Crippen LogP contribution in [0.1, 0.15) is 73.5 Å². The van der Waals surface area contributed by atoms with Crippen molar-refractivity contribution in [2.24, 2.45) is 0 Å². The first-order valence-corrected chi connectivity index (χ1v) is 11.1. The highest BCUT2D eigenvalue weighted by atomic mass is 16.5. The maximum Gasteiger partial charge on any atom is 0.258 e. The van der Waals surface area contributed by atoms with Crippen LogP contribution in [0, 0.1) is 0 Å². The van der Waals surface area contributed by atoms with Gasteiger partial charge in [0.1, 0.15) is 17.2 Å². The summed E-state index contributed by atoms with van der Waals surface area (Å²) in [5.41, 5.74) is 3.94. The molecule has 0 bridgehead atoms. The standard InChI is InChI=1S/C26H33NO4/c1-5-7-12-30-24-15-25(31-13-8-6-2)21(14-20(24)18(3)4)26(29)27-16-19-10-9-11-23(28)22(19)17-27/h9-11,14-15,28H,3,5-8,12-13,16-17H2,1-2,4H3. The smallest absolute Gasteiger partial charge is 0.258 e. The molecule has 166 valence electrons. The molecule has 2 aromatic carbocycles. The van der Waals surface area contributed by atoms with Crippen molar-refractivity contribution in [2.45, 2.75) is 59.5 Å². The van der Waals surface area contributed by atoms with E-state index in [2.05, 4.69) is 20.4 Å². The van der Waals surface area contributed by atoms with Crippen molar-refractivity contribution in [1.29, 1.82) is 0 Å². The third-order valence-corrected chi connectivity index (χ3v) is 5.53. The molecule has 1 N–H and O–H groups in total. The van der Waals surface area contributed by atoms with Crippen molar-refractivity contribution in [1.82, 2.24) is 4.90 Å². The Bertz CT molecular complexity index is 951. The second-order valence-corrected chi connectivity index (χ2v) is 8.10. The number of amides is 1. The Balaban J connectivity index is 1.94. The molecule has 1 aliphatic heterocycles. The number of hydrogen-bond acceptors (Lipinski definition) is 4. The van der Waals surface area contributed by atoms with Gasteiger partial charge in [-0.15, -0.1) is 0 Å². The molecule has 2 aromatic rings. The van der Waals surface area contributed by atoms with Gasteiger partial charge in [0.2, 0.25) is 0 Å². The van der Waals surface area contributed by atoms with Crippen LogP contribution in [0.25, 0.3) is 5.57 Å². The van der Waals surface area contributed by atoms with Gasteiger partial charge >= 0.3 is 0 Å². The van der Waals surface area contributed by atoms with Crippen molar-refractivity contribution < 1.29 is 19.4 Å². The van der Waals surface area contributed by atoms with Crippen LogP contribution in [-0.4, -0.2) is 29.1 Å². The average Bonchev–Trinajstić information content (AvgIpc) is 3.19. The third kappa shape index (κ3) is 5.22. The summed E-state index contributed by atoms with van der Waals surface area (Å²) in [6.45, 7) is 12.2. The van der Waals surface area contributed by atoms with Gasteiger partial charge in [-0.3, -0.25) is 4.79 Å². The fourth-order valence-corrected chi connectivity index (χ4v) is 3.67. The zero-order chi connectivity index (χ0) is 22.4. The number of fused-ring (bicyclic) bond motifs is 1. The van der Waals surface area contributed by atoms with Gasteiger partial charge in [0.25, 0.3) is 5.91 Å². The van der Waals surface area contributed by atoms with Crippen molar-refractivity contribution in [2.75, 3.05) is 13.2 Å². The first-order chi connectivity index (χ1) is 15.0. The second kappa shape index (κ2) is 10.4. The van der Waals surface area contributed by atoms with E-state index in [1.165, 1.54) is 0 Å². The summed E-state index contributed by atoms with van der Waals surface area (Å²) < 4.78 is 12.0. The van der Waals surface area contributed by atoms with Crippen molar-refractivity contribution in [3.05, 3.63) is 59.2 Å². The number of carbonyl (C=O) groups excluding carboxylic acids is 1. The molecular weight excluding hydrogens is 390 g/mol. The van der Waals surface area contributed by atoms with E-state index in [-0.39, 0.29) is 11.7 Å². The number of aromatic hydroxyl groups is 1. The van der Waals surface area contributed by atoms with Gasteiger partial charge in [-0.25, -0.2) is 0 Å². The molecule has 1 heterocycles. The minimum atomic E-state index is -0.121. The zero-order valence-corrected chi connectivity index (χ0v) is 18.9. The molecule has 31 heavy (non-hydrogen) atoms. The molecule has 0 atom stereocenters. The lowest BCUT2D eigenvalue weighted by Gasteiger charge is -2.21. The van der Waals surface area contributed by atoms with E-state index in [4.69, 9.17) is 9.47 Å². The van der Waals surface area contributed by atoms with Gasteiger partial charge in [0, 0.05) is 23.7 Å². The zero-order valence-electron chi connectivity index (χ0n) is 18.9. The fourth-order valence-electron chi connectivity index (χ4n) is 3.67. The minimum absolute atomic E-state index is 0.121. The summed E-state index contributed by atoms with van der Waals surface area (Å²) in [5.74, 6) is 1.35. The highest BCUT2D eigenvalue weighted by molar-refractivity contribution is 5.98. The van der Waals surface area contributed by atoms with Gasteiger partial charge in [-0.1, -0.05) is 45.4 Å². The number of hydrogen-bond donors (Lipinski definition) is 1. The monoisotopic (exact) mass is 423 g/mol. The fraction of sp³-hybridized carbons (Fsp3) is 0.423. The van der Waals surface area contributed by atoms with E-state index < -0.39 is 0 Å². The molecule has 0 unspecified atom stereocenters. The van der Waals surface area contributed by atoms with Crippen molar-refractivity contribution in [3.8, 4) is 17.2 Å². The summed E-state index contributed by atoms with van der Waals surface area (Å²) in [6.07, 6.45) is 3.91. The predicted octanol–water partition coefficient (Wildman–Crippen LogP) is 5.94. The molecule has 0 radical (unpaired) electrons. The molecule has 1 amide bonds. The molecular formula is C26H33NO4. The number of phenols is 1. The van der Waals surface area contributed by atoms with Crippen LogP contribution < -0.4 is 9.47 Å². The molecule has 5 heteroatoms. The molecule has 0 aromatic heterocycles. The molecule has 1 aliphatic rings. The Hall–Kier alpha value is -2.95. The maximum absolute atomic E-state index is 13.5. The Morgan fingerprint density at radius 1 is 1.03 bits per heavy atom. The topological polar surface area (TPSA) is 59.0 Å². The van der Waals surface area contributed by atoms with Crippen LogP contribution in [0.2, 0.25) is 0 Å². The molecule has 0 aliphatic carbocycles. The Morgan fingerprint density at radius 3 is 2.26 bits per heavy atom.